The lowest BCUT2D eigenvalue weighted by molar-refractivity contribution is -0.176. The van der Waals surface area contributed by atoms with Crippen LogP contribution in [0.25, 0.3) is 0 Å². The molecule has 4 nitrogen and oxygen atoms in total. The molecule has 1 heterocycles. The monoisotopic (exact) mass is 229 g/mol. The first-order chi connectivity index (χ1) is 7.21. The highest BCUT2D eigenvalue weighted by molar-refractivity contribution is 5.79. The van der Waals surface area contributed by atoms with Gasteiger partial charge in [0.05, 0.1) is 7.11 Å². The molecule has 0 aromatic heterocycles. The lowest BCUT2D eigenvalue weighted by atomic mass is 9.80. The number of piperidine rings is 1. The Balaban J connectivity index is 2.76. The van der Waals surface area contributed by atoms with Crippen molar-refractivity contribution in [3.63, 3.8) is 0 Å². The van der Waals surface area contributed by atoms with Crippen LogP contribution in [-0.4, -0.2) is 47.3 Å². The standard InChI is InChI=1S/C12H23NO3/c1-9-8-13(11(2,3)4)7-6-12(9,15)10(14)16-5/h9,15H,6-8H2,1-5H3. The van der Waals surface area contributed by atoms with Crippen molar-refractivity contribution in [3.05, 3.63) is 0 Å². The largest absolute Gasteiger partial charge is 0.467 e. The van der Waals surface area contributed by atoms with Crippen molar-refractivity contribution in [1.29, 1.82) is 0 Å². The zero-order chi connectivity index (χ0) is 12.6. The molecule has 1 fully saturated rings. The second kappa shape index (κ2) is 4.34. The van der Waals surface area contributed by atoms with E-state index < -0.39 is 11.6 Å². The summed E-state index contributed by atoms with van der Waals surface area (Å²) in [5, 5.41) is 10.3. The Hall–Kier alpha value is -0.610. The maximum atomic E-state index is 11.6. The molecule has 0 bridgehead atoms. The Morgan fingerprint density at radius 3 is 2.44 bits per heavy atom. The second-order valence-electron chi connectivity index (χ2n) is 5.68. The zero-order valence-electron chi connectivity index (χ0n) is 10.9. The van der Waals surface area contributed by atoms with E-state index in [-0.39, 0.29) is 11.5 Å². The van der Waals surface area contributed by atoms with Gasteiger partial charge in [0, 0.05) is 24.5 Å². The van der Waals surface area contributed by atoms with Gasteiger partial charge in [-0.15, -0.1) is 0 Å². The highest BCUT2D eigenvalue weighted by atomic mass is 16.5. The average Bonchev–Trinajstić information content (AvgIpc) is 2.19. The number of hydrogen-bond donors (Lipinski definition) is 1. The third-order valence-electron chi connectivity index (χ3n) is 3.56. The molecule has 0 aliphatic carbocycles. The van der Waals surface area contributed by atoms with E-state index >= 15 is 0 Å². The molecule has 1 aliphatic heterocycles. The van der Waals surface area contributed by atoms with Crippen molar-refractivity contribution >= 4 is 5.97 Å². The Morgan fingerprint density at radius 1 is 1.50 bits per heavy atom. The highest BCUT2D eigenvalue weighted by Gasteiger charge is 2.47. The number of esters is 1. The number of hydrogen-bond acceptors (Lipinski definition) is 4. The lowest BCUT2D eigenvalue weighted by Crippen LogP contribution is -2.59. The second-order valence-corrected chi connectivity index (χ2v) is 5.68. The quantitative estimate of drug-likeness (QED) is 0.682. The van der Waals surface area contributed by atoms with Gasteiger partial charge >= 0.3 is 5.97 Å². The van der Waals surface area contributed by atoms with Gasteiger partial charge in [0.15, 0.2) is 5.60 Å². The molecule has 94 valence electrons. The van der Waals surface area contributed by atoms with Gasteiger partial charge in [-0.1, -0.05) is 6.92 Å². The molecule has 2 atom stereocenters. The average molecular weight is 229 g/mol. The summed E-state index contributed by atoms with van der Waals surface area (Å²) in [6.45, 7) is 9.76. The van der Waals surface area contributed by atoms with Gasteiger partial charge in [0.25, 0.3) is 0 Å². The molecule has 0 amide bonds. The summed E-state index contributed by atoms with van der Waals surface area (Å²) >= 11 is 0. The number of nitrogens with zero attached hydrogens (tertiary/aromatic N) is 1. The summed E-state index contributed by atoms with van der Waals surface area (Å²) < 4.78 is 4.68. The molecule has 1 N–H and O–H groups in total. The summed E-state index contributed by atoms with van der Waals surface area (Å²) in [7, 11) is 1.32. The van der Waals surface area contributed by atoms with E-state index in [9.17, 15) is 9.90 Å². The van der Waals surface area contributed by atoms with Crippen LogP contribution in [-0.2, 0) is 9.53 Å². The molecule has 0 saturated carbocycles. The van der Waals surface area contributed by atoms with E-state index in [1.165, 1.54) is 7.11 Å². The summed E-state index contributed by atoms with van der Waals surface area (Å²) in [4.78, 5) is 13.9. The van der Waals surface area contributed by atoms with Crippen molar-refractivity contribution in [1.82, 2.24) is 4.90 Å². The van der Waals surface area contributed by atoms with Gasteiger partial charge in [-0.25, -0.2) is 4.79 Å². The Labute approximate surface area is 97.6 Å². The van der Waals surface area contributed by atoms with Crippen LogP contribution in [0.1, 0.15) is 34.1 Å². The predicted molar refractivity (Wildman–Crippen MR) is 62.1 cm³/mol. The van der Waals surface area contributed by atoms with E-state index in [0.29, 0.717) is 6.42 Å². The van der Waals surface area contributed by atoms with E-state index in [0.717, 1.165) is 13.1 Å². The number of likely N-dealkylation sites (tertiary alicyclic amines) is 1. The molecule has 1 aliphatic rings. The minimum absolute atomic E-state index is 0.0751. The number of carbonyl (C=O) groups is 1. The fourth-order valence-corrected chi connectivity index (χ4v) is 2.21. The van der Waals surface area contributed by atoms with Gasteiger partial charge < -0.3 is 9.84 Å². The summed E-state index contributed by atoms with van der Waals surface area (Å²) in [6.07, 6.45) is 0.443. The molecule has 2 unspecified atom stereocenters. The fourth-order valence-electron chi connectivity index (χ4n) is 2.21. The number of carbonyl (C=O) groups excluding carboxylic acids is 1. The molecule has 16 heavy (non-hydrogen) atoms. The van der Waals surface area contributed by atoms with Crippen LogP contribution < -0.4 is 0 Å². The van der Waals surface area contributed by atoms with Gasteiger partial charge in [-0.2, -0.15) is 0 Å². The zero-order valence-corrected chi connectivity index (χ0v) is 10.9. The van der Waals surface area contributed by atoms with E-state index in [1.807, 2.05) is 6.92 Å². The number of aliphatic hydroxyl groups is 1. The van der Waals surface area contributed by atoms with Gasteiger partial charge in [0.1, 0.15) is 0 Å². The molecule has 1 rings (SSSR count). The number of rotatable bonds is 1. The maximum Gasteiger partial charge on any atom is 0.338 e. The van der Waals surface area contributed by atoms with Crippen molar-refractivity contribution in [2.24, 2.45) is 5.92 Å². The normalized spacial score (nSPS) is 32.5. The van der Waals surface area contributed by atoms with Crippen LogP contribution in [0.15, 0.2) is 0 Å². The van der Waals surface area contributed by atoms with Crippen molar-refractivity contribution in [2.45, 2.75) is 45.3 Å². The SMILES string of the molecule is COC(=O)C1(O)CCN(C(C)(C)C)CC1C. The Bertz CT molecular complexity index is 272. The highest BCUT2D eigenvalue weighted by Crippen LogP contribution is 2.32. The molecule has 1 saturated heterocycles. The molecule has 0 radical (unpaired) electrons. The van der Waals surface area contributed by atoms with Gasteiger partial charge in [0.2, 0.25) is 0 Å². The molecular formula is C12H23NO3. The minimum Gasteiger partial charge on any atom is -0.467 e. The smallest absolute Gasteiger partial charge is 0.338 e. The molecule has 4 heteroatoms. The third kappa shape index (κ3) is 2.38. The van der Waals surface area contributed by atoms with Crippen LogP contribution >= 0.6 is 0 Å². The summed E-state index contributed by atoms with van der Waals surface area (Å²) in [6, 6.07) is 0. The third-order valence-corrected chi connectivity index (χ3v) is 3.56. The van der Waals surface area contributed by atoms with Gasteiger partial charge in [-0.05, 0) is 27.2 Å². The Morgan fingerprint density at radius 2 is 2.06 bits per heavy atom. The van der Waals surface area contributed by atoms with E-state index in [4.69, 9.17) is 0 Å². The fraction of sp³-hybridized carbons (Fsp3) is 0.917. The minimum atomic E-state index is -1.31. The Kier molecular flexibility index (Phi) is 3.65. The van der Waals surface area contributed by atoms with Crippen LogP contribution in [0.5, 0.6) is 0 Å². The first-order valence-electron chi connectivity index (χ1n) is 5.77. The molecule has 0 aromatic carbocycles. The first kappa shape index (κ1) is 13.5. The number of ether oxygens (including phenoxy) is 1. The summed E-state index contributed by atoms with van der Waals surface area (Å²) in [5.41, 5.74) is -1.23. The van der Waals surface area contributed by atoms with Crippen LogP contribution in [0.2, 0.25) is 0 Å². The first-order valence-corrected chi connectivity index (χ1v) is 5.77. The van der Waals surface area contributed by atoms with Crippen molar-refractivity contribution in [2.75, 3.05) is 20.2 Å². The number of methoxy groups -OCH3 is 1. The summed E-state index contributed by atoms with van der Waals surface area (Å²) in [5.74, 6) is -0.610. The van der Waals surface area contributed by atoms with Crippen LogP contribution in [0.4, 0.5) is 0 Å². The lowest BCUT2D eigenvalue weighted by Gasteiger charge is -2.46. The van der Waals surface area contributed by atoms with Crippen LogP contribution in [0.3, 0.4) is 0 Å². The molecule has 0 aromatic rings. The van der Waals surface area contributed by atoms with E-state index in [2.05, 4.69) is 30.4 Å². The van der Waals surface area contributed by atoms with Crippen molar-refractivity contribution in [3.8, 4) is 0 Å². The predicted octanol–water partition coefficient (Wildman–Crippen LogP) is 1.03. The molecular weight excluding hydrogens is 206 g/mol. The van der Waals surface area contributed by atoms with Crippen molar-refractivity contribution < 1.29 is 14.6 Å². The maximum absolute atomic E-state index is 11.6. The molecule has 0 spiro atoms. The topological polar surface area (TPSA) is 49.8 Å². The van der Waals surface area contributed by atoms with E-state index in [1.54, 1.807) is 0 Å². The van der Waals surface area contributed by atoms with Crippen LogP contribution in [0, 0.1) is 5.92 Å². The van der Waals surface area contributed by atoms with Gasteiger partial charge in [-0.3, -0.25) is 4.90 Å².